The zero-order chi connectivity index (χ0) is 17.0. The first kappa shape index (κ1) is 16.7. The Morgan fingerprint density at radius 3 is 2.30 bits per heavy atom. The van der Waals surface area contributed by atoms with Gasteiger partial charge in [0.25, 0.3) is 5.91 Å². The van der Waals surface area contributed by atoms with Gasteiger partial charge >= 0.3 is 5.97 Å². The second kappa shape index (κ2) is 7.09. The van der Waals surface area contributed by atoms with Gasteiger partial charge in [0.15, 0.2) is 6.61 Å². The molecule has 0 aliphatic carbocycles. The van der Waals surface area contributed by atoms with E-state index in [1.165, 1.54) is 0 Å². The highest BCUT2D eigenvalue weighted by Crippen LogP contribution is 2.16. The third-order valence-electron chi connectivity index (χ3n) is 3.73. The average molecular weight is 311 g/mol. The number of hydrogen-bond donors (Lipinski definition) is 1. The number of anilines is 1. The first-order valence-electron chi connectivity index (χ1n) is 7.48. The highest BCUT2D eigenvalue weighted by Gasteiger charge is 2.11. The number of nitrogens with one attached hydrogen (secondary N) is 1. The molecule has 2 rings (SSSR count). The smallest absolute Gasteiger partial charge is 0.338 e. The summed E-state index contributed by atoms with van der Waals surface area (Å²) in [6.07, 6.45) is 0. The molecule has 0 aromatic heterocycles. The zero-order valence-electron chi connectivity index (χ0n) is 13.9. The number of aryl methyl sites for hydroxylation is 4. The molecule has 0 fully saturated rings. The van der Waals surface area contributed by atoms with Gasteiger partial charge < -0.3 is 10.1 Å². The summed E-state index contributed by atoms with van der Waals surface area (Å²) in [6.45, 7) is 7.51. The highest BCUT2D eigenvalue weighted by atomic mass is 16.5. The van der Waals surface area contributed by atoms with Crippen molar-refractivity contribution >= 4 is 17.6 Å². The monoisotopic (exact) mass is 311 g/mol. The number of ether oxygens (including phenoxy) is 1. The Morgan fingerprint density at radius 1 is 0.913 bits per heavy atom. The molecule has 0 spiro atoms. The quantitative estimate of drug-likeness (QED) is 0.876. The summed E-state index contributed by atoms with van der Waals surface area (Å²) < 4.78 is 5.07. The van der Waals surface area contributed by atoms with E-state index in [1.807, 2.05) is 52.0 Å². The summed E-state index contributed by atoms with van der Waals surface area (Å²) in [7, 11) is 0. The minimum absolute atomic E-state index is 0.306. The number of benzene rings is 2. The van der Waals surface area contributed by atoms with Crippen LogP contribution in [0.5, 0.6) is 0 Å². The van der Waals surface area contributed by atoms with Crippen LogP contribution in [0.4, 0.5) is 5.69 Å². The molecule has 120 valence electrons. The van der Waals surface area contributed by atoms with Gasteiger partial charge in [-0.2, -0.15) is 0 Å². The first-order chi connectivity index (χ1) is 10.9. The predicted octanol–water partition coefficient (Wildman–Crippen LogP) is 3.72. The molecule has 23 heavy (non-hydrogen) atoms. The van der Waals surface area contributed by atoms with E-state index < -0.39 is 5.97 Å². The maximum atomic E-state index is 12.0. The maximum Gasteiger partial charge on any atom is 0.338 e. The van der Waals surface area contributed by atoms with Gasteiger partial charge in [-0.1, -0.05) is 23.8 Å². The van der Waals surface area contributed by atoms with Crippen LogP contribution in [0.15, 0.2) is 36.4 Å². The molecule has 2 aromatic rings. The minimum atomic E-state index is -0.496. The van der Waals surface area contributed by atoms with Crippen molar-refractivity contribution in [1.29, 1.82) is 0 Å². The Balaban J connectivity index is 1.93. The van der Waals surface area contributed by atoms with E-state index in [0.717, 1.165) is 27.9 Å². The van der Waals surface area contributed by atoms with Crippen molar-refractivity contribution in [1.82, 2.24) is 0 Å². The van der Waals surface area contributed by atoms with Gasteiger partial charge in [0.1, 0.15) is 0 Å². The molecule has 1 N–H and O–H groups in total. The Labute approximate surface area is 136 Å². The van der Waals surface area contributed by atoms with E-state index in [-0.39, 0.29) is 12.5 Å². The molecule has 0 saturated heterocycles. The van der Waals surface area contributed by atoms with Gasteiger partial charge in [0.05, 0.1) is 5.56 Å². The van der Waals surface area contributed by atoms with E-state index in [9.17, 15) is 9.59 Å². The summed E-state index contributed by atoms with van der Waals surface area (Å²) in [6, 6.07) is 11.1. The lowest BCUT2D eigenvalue weighted by molar-refractivity contribution is -0.119. The standard InChI is InChI=1S/C19H21NO3/c1-12-5-8-17(15(4)9-12)20-18(21)11-23-19(22)16-7-6-13(2)14(3)10-16/h5-10H,11H2,1-4H3,(H,20,21). The van der Waals surface area contributed by atoms with Gasteiger partial charge in [-0.25, -0.2) is 4.79 Å². The van der Waals surface area contributed by atoms with E-state index in [4.69, 9.17) is 4.74 Å². The van der Waals surface area contributed by atoms with Crippen LogP contribution >= 0.6 is 0 Å². The number of carbonyl (C=O) groups excluding carboxylic acids is 2. The van der Waals surface area contributed by atoms with Crippen LogP contribution in [0.25, 0.3) is 0 Å². The Kier molecular flexibility index (Phi) is 5.16. The van der Waals surface area contributed by atoms with Crippen molar-refractivity contribution in [3.63, 3.8) is 0 Å². The average Bonchev–Trinajstić information content (AvgIpc) is 2.50. The lowest BCUT2D eigenvalue weighted by Gasteiger charge is -2.10. The fourth-order valence-corrected chi connectivity index (χ4v) is 2.22. The van der Waals surface area contributed by atoms with Crippen molar-refractivity contribution in [3.05, 3.63) is 64.2 Å². The fraction of sp³-hybridized carbons (Fsp3) is 0.263. The SMILES string of the molecule is Cc1ccc(NC(=O)COC(=O)c2ccc(C)c(C)c2)c(C)c1. The summed E-state index contributed by atoms with van der Waals surface area (Å²) in [5.41, 5.74) is 5.39. The van der Waals surface area contributed by atoms with Crippen LogP contribution in [0.2, 0.25) is 0 Å². The number of rotatable bonds is 4. The van der Waals surface area contributed by atoms with Crippen molar-refractivity contribution in [3.8, 4) is 0 Å². The Bertz CT molecular complexity index is 750. The van der Waals surface area contributed by atoms with Crippen LogP contribution in [0.1, 0.15) is 32.6 Å². The first-order valence-corrected chi connectivity index (χ1v) is 7.48. The van der Waals surface area contributed by atoms with E-state index in [1.54, 1.807) is 12.1 Å². The largest absolute Gasteiger partial charge is 0.452 e. The molecule has 0 aliphatic heterocycles. The van der Waals surface area contributed by atoms with Crippen LogP contribution in [-0.4, -0.2) is 18.5 Å². The second-order valence-corrected chi connectivity index (χ2v) is 5.74. The van der Waals surface area contributed by atoms with Crippen LogP contribution < -0.4 is 5.32 Å². The minimum Gasteiger partial charge on any atom is -0.452 e. The highest BCUT2D eigenvalue weighted by molar-refractivity contribution is 5.96. The normalized spacial score (nSPS) is 10.3. The van der Waals surface area contributed by atoms with Gasteiger partial charge in [0, 0.05) is 5.69 Å². The summed E-state index contributed by atoms with van der Waals surface area (Å²) in [5.74, 6) is -0.849. The molecular formula is C19H21NO3. The van der Waals surface area contributed by atoms with E-state index in [2.05, 4.69) is 5.32 Å². The molecule has 0 radical (unpaired) electrons. The molecule has 0 heterocycles. The van der Waals surface area contributed by atoms with Gasteiger partial charge in [0.2, 0.25) is 0 Å². The number of hydrogen-bond acceptors (Lipinski definition) is 3. The number of amides is 1. The fourth-order valence-electron chi connectivity index (χ4n) is 2.22. The van der Waals surface area contributed by atoms with Crippen LogP contribution in [0.3, 0.4) is 0 Å². The molecule has 1 amide bonds. The summed E-state index contributed by atoms with van der Waals surface area (Å²) in [4.78, 5) is 23.9. The molecule has 0 unspecified atom stereocenters. The lowest BCUT2D eigenvalue weighted by Crippen LogP contribution is -2.21. The predicted molar refractivity (Wildman–Crippen MR) is 90.7 cm³/mol. The molecule has 0 bridgehead atoms. The molecule has 0 atom stereocenters. The second-order valence-electron chi connectivity index (χ2n) is 5.74. The Morgan fingerprint density at radius 2 is 1.65 bits per heavy atom. The van der Waals surface area contributed by atoms with Crippen LogP contribution in [-0.2, 0) is 9.53 Å². The van der Waals surface area contributed by atoms with Gasteiger partial charge in [-0.05, 0) is 62.6 Å². The van der Waals surface area contributed by atoms with Gasteiger partial charge in [-0.15, -0.1) is 0 Å². The topological polar surface area (TPSA) is 55.4 Å². The summed E-state index contributed by atoms with van der Waals surface area (Å²) >= 11 is 0. The summed E-state index contributed by atoms with van der Waals surface area (Å²) in [5, 5.41) is 2.75. The van der Waals surface area contributed by atoms with Crippen molar-refractivity contribution in [2.24, 2.45) is 0 Å². The molecule has 2 aromatic carbocycles. The molecular weight excluding hydrogens is 290 g/mol. The lowest BCUT2D eigenvalue weighted by atomic mass is 10.1. The number of carbonyl (C=O) groups is 2. The molecule has 4 nitrogen and oxygen atoms in total. The van der Waals surface area contributed by atoms with E-state index in [0.29, 0.717) is 5.56 Å². The van der Waals surface area contributed by atoms with Gasteiger partial charge in [-0.3, -0.25) is 4.79 Å². The third kappa shape index (κ3) is 4.42. The molecule has 4 heteroatoms. The van der Waals surface area contributed by atoms with E-state index >= 15 is 0 Å². The molecule has 0 saturated carbocycles. The van der Waals surface area contributed by atoms with Crippen molar-refractivity contribution in [2.45, 2.75) is 27.7 Å². The van der Waals surface area contributed by atoms with Crippen LogP contribution in [0, 0.1) is 27.7 Å². The zero-order valence-corrected chi connectivity index (χ0v) is 13.9. The number of esters is 1. The molecule has 0 aliphatic rings. The Hall–Kier alpha value is -2.62. The third-order valence-corrected chi connectivity index (χ3v) is 3.73. The van der Waals surface area contributed by atoms with Crippen molar-refractivity contribution in [2.75, 3.05) is 11.9 Å². The maximum absolute atomic E-state index is 12.0. The van der Waals surface area contributed by atoms with Crippen molar-refractivity contribution < 1.29 is 14.3 Å².